The van der Waals surface area contributed by atoms with Crippen LogP contribution < -0.4 is 4.74 Å². The van der Waals surface area contributed by atoms with Gasteiger partial charge < -0.3 is 14.9 Å². The molecule has 1 atom stereocenters. The zero-order valence-corrected chi connectivity index (χ0v) is 16.1. The second-order valence-electron chi connectivity index (χ2n) is 7.90. The highest BCUT2D eigenvalue weighted by atomic mass is 19.1. The molecule has 2 aromatic carbocycles. The molecule has 0 fully saturated rings. The van der Waals surface area contributed by atoms with Crippen LogP contribution in [0.2, 0.25) is 0 Å². The number of carbonyl (C=O) groups excluding carboxylic acids is 1. The van der Waals surface area contributed by atoms with Gasteiger partial charge in [-0.15, -0.1) is 0 Å². The number of Topliss-reactive ketones (excluding diaryl/α,β-unsaturated/α-hetero) is 1. The van der Waals surface area contributed by atoms with Gasteiger partial charge in [0.15, 0.2) is 5.78 Å². The van der Waals surface area contributed by atoms with Crippen molar-refractivity contribution >= 4 is 11.4 Å². The van der Waals surface area contributed by atoms with Crippen molar-refractivity contribution in [3.63, 3.8) is 0 Å². The van der Waals surface area contributed by atoms with Crippen LogP contribution in [0.5, 0.6) is 5.75 Å². The zero-order valence-electron chi connectivity index (χ0n) is 16.1. The summed E-state index contributed by atoms with van der Waals surface area (Å²) in [4.78, 5) is 13.3. The number of hydrogen-bond acceptors (Lipinski definition) is 5. The van der Waals surface area contributed by atoms with Gasteiger partial charge in [-0.25, -0.2) is 4.39 Å². The molecule has 0 saturated carbocycles. The van der Waals surface area contributed by atoms with Crippen molar-refractivity contribution in [2.45, 2.75) is 31.8 Å². The lowest BCUT2D eigenvalue weighted by Gasteiger charge is -2.34. The first kappa shape index (κ1) is 19.3. The van der Waals surface area contributed by atoms with E-state index in [1.807, 2.05) is 19.9 Å². The lowest BCUT2D eigenvalue weighted by atomic mass is 9.68. The van der Waals surface area contributed by atoms with E-state index in [0.29, 0.717) is 28.0 Å². The molecule has 0 saturated heterocycles. The van der Waals surface area contributed by atoms with E-state index in [2.05, 4.69) is 0 Å². The minimum Gasteiger partial charge on any atom is -0.491 e. The number of carbonyl (C=O) groups is 1. The maximum atomic E-state index is 14.8. The molecule has 4 rings (SSSR count). The molecule has 0 bridgehead atoms. The van der Waals surface area contributed by atoms with Crippen molar-refractivity contribution in [3.8, 4) is 11.8 Å². The Morgan fingerprint density at radius 2 is 2.00 bits per heavy atom. The van der Waals surface area contributed by atoms with E-state index >= 15 is 0 Å². The van der Waals surface area contributed by atoms with Crippen LogP contribution >= 0.6 is 0 Å². The standard InChI is InChI=1S/C23H20FNO4/c1-23(2)18-7-14(29-11-13(27)10-26)4-6-16(18)22(28)20-15-5-3-12(9-25)21(24)17(15)8-19(20)23/h3-7,13,26-27H,8,10-11H2,1-2H3/t13-/m1/s1. The fourth-order valence-corrected chi connectivity index (χ4v) is 4.21. The van der Waals surface area contributed by atoms with Gasteiger partial charge in [0.2, 0.25) is 0 Å². The number of allylic oxidation sites excluding steroid dienone is 2. The summed E-state index contributed by atoms with van der Waals surface area (Å²) in [7, 11) is 0. The fourth-order valence-electron chi connectivity index (χ4n) is 4.21. The molecule has 2 N–H and O–H groups in total. The SMILES string of the molecule is CC1(C)C2=C(C(=O)c3ccc(OC[C@H](O)CO)cc31)c1ccc(C#N)c(F)c1C2. The van der Waals surface area contributed by atoms with Crippen molar-refractivity contribution < 1.29 is 24.1 Å². The molecule has 0 radical (unpaired) electrons. The average Bonchev–Trinajstić information content (AvgIpc) is 3.12. The maximum absolute atomic E-state index is 14.8. The van der Waals surface area contributed by atoms with Gasteiger partial charge in [0.25, 0.3) is 0 Å². The van der Waals surface area contributed by atoms with E-state index < -0.39 is 23.9 Å². The Morgan fingerprint density at radius 3 is 2.69 bits per heavy atom. The monoisotopic (exact) mass is 393 g/mol. The van der Waals surface area contributed by atoms with Gasteiger partial charge in [0.1, 0.15) is 30.3 Å². The molecule has 5 nitrogen and oxygen atoms in total. The van der Waals surface area contributed by atoms with Crippen molar-refractivity contribution in [3.05, 3.63) is 69.5 Å². The smallest absolute Gasteiger partial charge is 0.193 e. The summed E-state index contributed by atoms with van der Waals surface area (Å²) in [5.41, 5.74) is 3.03. The molecule has 148 valence electrons. The van der Waals surface area contributed by atoms with Gasteiger partial charge in [-0.3, -0.25) is 4.79 Å². The molecular formula is C23H20FNO4. The second-order valence-corrected chi connectivity index (χ2v) is 7.90. The van der Waals surface area contributed by atoms with E-state index in [1.165, 1.54) is 6.07 Å². The summed E-state index contributed by atoms with van der Waals surface area (Å²) in [6.07, 6.45) is -0.713. The third kappa shape index (κ3) is 2.86. The Hall–Kier alpha value is -3.01. The maximum Gasteiger partial charge on any atom is 0.193 e. The molecule has 0 aliphatic heterocycles. The number of rotatable bonds is 4. The van der Waals surface area contributed by atoms with Crippen LogP contribution in [-0.4, -0.2) is 35.3 Å². The number of fused-ring (bicyclic) bond motifs is 3. The Kier molecular flexibility index (Phi) is 4.53. The van der Waals surface area contributed by atoms with Gasteiger partial charge in [-0.1, -0.05) is 19.9 Å². The van der Waals surface area contributed by atoms with Crippen LogP contribution in [0.4, 0.5) is 4.39 Å². The highest BCUT2D eigenvalue weighted by Gasteiger charge is 2.43. The molecule has 2 aliphatic rings. The highest BCUT2D eigenvalue weighted by molar-refractivity contribution is 6.33. The Bertz CT molecular complexity index is 1110. The molecular weight excluding hydrogens is 373 g/mol. The summed E-state index contributed by atoms with van der Waals surface area (Å²) in [5.74, 6) is -0.247. The average molecular weight is 393 g/mol. The summed E-state index contributed by atoms with van der Waals surface area (Å²) in [6, 6.07) is 10.0. The predicted molar refractivity (Wildman–Crippen MR) is 104 cm³/mol. The highest BCUT2D eigenvalue weighted by Crippen LogP contribution is 2.51. The third-order valence-electron chi connectivity index (χ3n) is 5.83. The zero-order chi connectivity index (χ0) is 20.9. The largest absolute Gasteiger partial charge is 0.491 e. The number of ketones is 1. The van der Waals surface area contributed by atoms with Crippen LogP contribution in [0.15, 0.2) is 35.9 Å². The molecule has 0 aromatic heterocycles. The molecule has 0 heterocycles. The number of nitriles is 1. The fraction of sp³-hybridized carbons (Fsp3) is 0.304. The first-order valence-electron chi connectivity index (χ1n) is 9.36. The number of halogens is 1. The quantitative estimate of drug-likeness (QED) is 0.834. The van der Waals surface area contributed by atoms with Gasteiger partial charge in [-0.2, -0.15) is 5.26 Å². The molecule has 0 spiro atoms. The number of nitrogens with zero attached hydrogens (tertiary/aromatic N) is 1. The summed E-state index contributed by atoms with van der Waals surface area (Å²) in [6.45, 7) is 3.49. The number of aliphatic hydroxyl groups is 2. The van der Waals surface area contributed by atoms with E-state index in [4.69, 9.17) is 15.1 Å². The number of benzene rings is 2. The van der Waals surface area contributed by atoms with Gasteiger partial charge >= 0.3 is 0 Å². The summed E-state index contributed by atoms with van der Waals surface area (Å²) >= 11 is 0. The summed E-state index contributed by atoms with van der Waals surface area (Å²) < 4.78 is 20.3. The number of hydrogen-bond donors (Lipinski definition) is 2. The van der Waals surface area contributed by atoms with Gasteiger partial charge in [0.05, 0.1) is 12.2 Å². The van der Waals surface area contributed by atoms with Crippen LogP contribution in [0, 0.1) is 17.1 Å². The Morgan fingerprint density at radius 1 is 1.28 bits per heavy atom. The minimum absolute atomic E-state index is 0.0236. The molecule has 0 amide bonds. The minimum atomic E-state index is -0.989. The third-order valence-corrected chi connectivity index (χ3v) is 5.83. The Balaban J connectivity index is 1.78. The molecule has 6 heteroatoms. The van der Waals surface area contributed by atoms with E-state index in [-0.39, 0.29) is 24.4 Å². The van der Waals surface area contributed by atoms with Crippen molar-refractivity contribution in [2.24, 2.45) is 0 Å². The summed E-state index contributed by atoms with van der Waals surface area (Å²) in [5, 5.41) is 27.6. The predicted octanol–water partition coefficient (Wildman–Crippen LogP) is 2.91. The van der Waals surface area contributed by atoms with Crippen LogP contribution in [0.25, 0.3) is 5.57 Å². The topological polar surface area (TPSA) is 90.6 Å². The normalized spacial score (nSPS) is 17.3. The number of ether oxygens (including phenoxy) is 1. The van der Waals surface area contributed by atoms with E-state index in [0.717, 1.165) is 11.1 Å². The van der Waals surface area contributed by atoms with Crippen LogP contribution in [0.3, 0.4) is 0 Å². The first-order chi connectivity index (χ1) is 13.8. The van der Waals surface area contributed by atoms with E-state index in [9.17, 15) is 14.3 Å². The van der Waals surface area contributed by atoms with Crippen LogP contribution in [0.1, 0.15) is 46.5 Å². The van der Waals surface area contributed by atoms with Crippen molar-refractivity contribution in [2.75, 3.05) is 13.2 Å². The molecule has 2 aliphatic carbocycles. The molecule has 29 heavy (non-hydrogen) atoms. The van der Waals surface area contributed by atoms with Gasteiger partial charge in [-0.05, 0) is 47.4 Å². The lowest BCUT2D eigenvalue weighted by molar-refractivity contribution is 0.0535. The van der Waals surface area contributed by atoms with Crippen LogP contribution in [-0.2, 0) is 11.8 Å². The van der Waals surface area contributed by atoms with Gasteiger partial charge in [0, 0.05) is 22.1 Å². The first-order valence-corrected chi connectivity index (χ1v) is 9.36. The second kappa shape index (κ2) is 6.80. The van der Waals surface area contributed by atoms with Crippen molar-refractivity contribution in [1.29, 1.82) is 5.26 Å². The molecule has 2 aromatic rings. The Labute approximate surface area is 167 Å². The number of aliphatic hydroxyl groups excluding tert-OH is 2. The molecule has 0 unspecified atom stereocenters. The van der Waals surface area contributed by atoms with E-state index in [1.54, 1.807) is 24.3 Å². The lowest BCUT2D eigenvalue weighted by Crippen LogP contribution is -2.30. The van der Waals surface area contributed by atoms with Crippen molar-refractivity contribution in [1.82, 2.24) is 0 Å².